The van der Waals surface area contributed by atoms with Crippen LogP contribution in [-0.4, -0.2) is 36.1 Å². The number of benzene rings is 1. The first-order valence-corrected chi connectivity index (χ1v) is 7.06. The highest BCUT2D eigenvalue weighted by Crippen LogP contribution is 2.13. The first kappa shape index (κ1) is 16.3. The van der Waals surface area contributed by atoms with Crippen molar-refractivity contribution in [2.45, 2.75) is 33.1 Å². The zero-order valence-electron chi connectivity index (χ0n) is 12.6. The fourth-order valence-corrected chi connectivity index (χ4v) is 1.98. The second-order valence-corrected chi connectivity index (χ2v) is 4.92. The number of unbranched alkanes of at least 4 members (excludes halogenated alkanes) is 2. The summed E-state index contributed by atoms with van der Waals surface area (Å²) in [7, 11) is 1.84. The van der Waals surface area contributed by atoms with Crippen LogP contribution in [0.25, 0.3) is 0 Å². The minimum absolute atomic E-state index is 0.0336. The molecule has 108 valence electrons. The van der Waals surface area contributed by atoms with Gasteiger partial charge in [0, 0.05) is 24.7 Å². The summed E-state index contributed by atoms with van der Waals surface area (Å²) in [6.45, 7) is 4.68. The molecular formula is C17H23NO2. The van der Waals surface area contributed by atoms with Crippen LogP contribution in [0.4, 0.5) is 0 Å². The van der Waals surface area contributed by atoms with E-state index in [0.717, 1.165) is 36.9 Å². The SMILES string of the molecule is CCCCCN(C)C(=O)c1cc(C#CCO)ccc1C. The number of nitrogens with zero attached hydrogens (tertiary/aromatic N) is 1. The largest absolute Gasteiger partial charge is 0.384 e. The number of carbonyl (C=O) groups is 1. The number of aryl methyl sites for hydroxylation is 1. The van der Waals surface area contributed by atoms with E-state index in [9.17, 15) is 4.79 Å². The fraction of sp³-hybridized carbons (Fsp3) is 0.471. The van der Waals surface area contributed by atoms with Gasteiger partial charge >= 0.3 is 0 Å². The Balaban J connectivity index is 2.85. The molecule has 3 heteroatoms. The van der Waals surface area contributed by atoms with E-state index >= 15 is 0 Å². The van der Waals surface area contributed by atoms with E-state index < -0.39 is 0 Å². The van der Waals surface area contributed by atoms with Crippen molar-refractivity contribution < 1.29 is 9.90 Å². The van der Waals surface area contributed by atoms with E-state index in [-0.39, 0.29) is 12.5 Å². The third kappa shape index (κ3) is 4.71. The second-order valence-electron chi connectivity index (χ2n) is 4.92. The zero-order valence-corrected chi connectivity index (χ0v) is 12.6. The van der Waals surface area contributed by atoms with Crippen molar-refractivity contribution in [3.8, 4) is 11.8 Å². The Morgan fingerprint density at radius 3 is 2.75 bits per heavy atom. The zero-order chi connectivity index (χ0) is 15.0. The predicted octanol–water partition coefficient (Wildman–Crippen LogP) is 2.60. The van der Waals surface area contributed by atoms with Crippen LogP contribution in [0.2, 0.25) is 0 Å². The summed E-state index contributed by atoms with van der Waals surface area (Å²) in [5.74, 6) is 5.47. The topological polar surface area (TPSA) is 40.5 Å². The molecule has 3 nitrogen and oxygen atoms in total. The van der Waals surface area contributed by atoms with Crippen LogP contribution in [0.1, 0.15) is 47.7 Å². The van der Waals surface area contributed by atoms with Crippen molar-refractivity contribution in [3.63, 3.8) is 0 Å². The second kappa shape index (κ2) is 8.39. The number of hydrogen-bond acceptors (Lipinski definition) is 2. The molecule has 0 heterocycles. The molecule has 0 bridgehead atoms. The van der Waals surface area contributed by atoms with Gasteiger partial charge in [-0.1, -0.05) is 37.7 Å². The van der Waals surface area contributed by atoms with Gasteiger partial charge < -0.3 is 10.0 Å². The Hall–Kier alpha value is -1.79. The van der Waals surface area contributed by atoms with Crippen LogP contribution in [-0.2, 0) is 0 Å². The molecule has 0 aromatic heterocycles. The van der Waals surface area contributed by atoms with Crippen LogP contribution in [0.3, 0.4) is 0 Å². The smallest absolute Gasteiger partial charge is 0.253 e. The van der Waals surface area contributed by atoms with E-state index in [1.807, 2.05) is 26.1 Å². The summed E-state index contributed by atoms with van der Waals surface area (Å²) in [6, 6.07) is 5.57. The standard InChI is InChI=1S/C17H23NO2/c1-4-5-6-11-18(3)17(20)16-13-15(8-7-12-19)10-9-14(16)2/h9-10,13,19H,4-6,11-12H2,1-3H3. The molecule has 0 spiro atoms. The summed E-state index contributed by atoms with van der Waals surface area (Å²) < 4.78 is 0. The highest BCUT2D eigenvalue weighted by molar-refractivity contribution is 5.95. The molecule has 0 saturated heterocycles. The molecule has 1 amide bonds. The van der Waals surface area contributed by atoms with Gasteiger partial charge in [-0.25, -0.2) is 0 Å². The molecule has 0 radical (unpaired) electrons. The van der Waals surface area contributed by atoms with Gasteiger partial charge in [0.2, 0.25) is 0 Å². The molecular weight excluding hydrogens is 250 g/mol. The third-order valence-electron chi connectivity index (χ3n) is 3.22. The summed E-state index contributed by atoms with van der Waals surface area (Å²) in [5.41, 5.74) is 2.40. The Morgan fingerprint density at radius 1 is 1.35 bits per heavy atom. The summed E-state index contributed by atoms with van der Waals surface area (Å²) in [4.78, 5) is 14.2. The summed E-state index contributed by atoms with van der Waals surface area (Å²) in [6.07, 6.45) is 3.31. The van der Waals surface area contributed by atoms with Gasteiger partial charge in [-0.2, -0.15) is 0 Å². The van der Waals surface area contributed by atoms with E-state index in [1.54, 1.807) is 11.0 Å². The van der Waals surface area contributed by atoms with Gasteiger partial charge in [-0.3, -0.25) is 4.79 Å². The average molecular weight is 273 g/mol. The van der Waals surface area contributed by atoms with E-state index in [1.165, 1.54) is 0 Å². The van der Waals surface area contributed by atoms with Crippen molar-refractivity contribution in [2.75, 3.05) is 20.2 Å². The number of aliphatic hydroxyl groups excluding tert-OH is 1. The number of carbonyl (C=O) groups excluding carboxylic acids is 1. The summed E-state index contributed by atoms with van der Waals surface area (Å²) in [5, 5.41) is 8.72. The maximum atomic E-state index is 12.4. The lowest BCUT2D eigenvalue weighted by molar-refractivity contribution is 0.0792. The first-order valence-electron chi connectivity index (χ1n) is 7.06. The lowest BCUT2D eigenvalue weighted by atomic mass is 10.0. The van der Waals surface area contributed by atoms with Gasteiger partial charge in [-0.15, -0.1) is 0 Å². The van der Waals surface area contributed by atoms with Crippen LogP contribution >= 0.6 is 0 Å². The van der Waals surface area contributed by atoms with Gasteiger partial charge in [0.1, 0.15) is 6.61 Å². The highest BCUT2D eigenvalue weighted by atomic mass is 16.2. The number of hydrogen-bond donors (Lipinski definition) is 1. The van der Waals surface area contributed by atoms with Crippen LogP contribution < -0.4 is 0 Å². The Bertz CT molecular complexity index is 511. The van der Waals surface area contributed by atoms with Crippen LogP contribution in [0, 0.1) is 18.8 Å². The molecule has 0 atom stereocenters. The molecule has 0 fully saturated rings. The van der Waals surface area contributed by atoms with Crippen LogP contribution in [0.15, 0.2) is 18.2 Å². The maximum Gasteiger partial charge on any atom is 0.253 e. The molecule has 20 heavy (non-hydrogen) atoms. The molecule has 1 aromatic rings. The number of rotatable bonds is 5. The van der Waals surface area contributed by atoms with E-state index in [2.05, 4.69) is 18.8 Å². The lowest BCUT2D eigenvalue weighted by Crippen LogP contribution is -2.28. The Labute approximate surface area is 121 Å². The van der Waals surface area contributed by atoms with Crippen molar-refractivity contribution in [1.29, 1.82) is 0 Å². The Morgan fingerprint density at radius 2 is 2.10 bits per heavy atom. The van der Waals surface area contributed by atoms with E-state index in [4.69, 9.17) is 5.11 Å². The highest BCUT2D eigenvalue weighted by Gasteiger charge is 2.14. The maximum absolute atomic E-state index is 12.4. The van der Waals surface area contributed by atoms with Crippen molar-refractivity contribution >= 4 is 5.91 Å². The average Bonchev–Trinajstić information content (AvgIpc) is 2.45. The van der Waals surface area contributed by atoms with Crippen molar-refractivity contribution in [2.24, 2.45) is 0 Å². The minimum Gasteiger partial charge on any atom is -0.384 e. The molecule has 0 aliphatic heterocycles. The Kier molecular flexibility index (Phi) is 6.83. The van der Waals surface area contributed by atoms with Gasteiger partial charge in [0.05, 0.1) is 0 Å². The number of aliphatic hydroxyl groups is 1. The molecule has 1 N–H and O–H groups in total. The number of amides is 1. The molecule has 0 aliphatic rings. The molecule has 0 saturated carbocycles. The monoisotopic (exact) mass is 273 g/mol. The third-order valence-corrected chi connectivity index (χ3v) is 3.22. The van der Waals surface area contributed by atoms with Crippen LogP contribution in [0.5, 0.6) is 0 Å². The lowest BCUT2D eigenvalue weighted by Gasteiger charge is -2.18. The van der Waals surface area contributed by atoms with Crippen molar-refractivity contribution in [3.05, 3.63) is 34.9 Å². The molecule has 1 aromatic carbocycles. The van der Waals surface area contributed by atoms with E-state index in [0.29, 0.717) is 5.56 Å². The van der Waals surface area contributed by atoms with Gasteiger partial charge in [0.15, 0.2) is 0 Å². The molecule has 0 unspecified atom stereocenters. The van der Waals surface area contributed by atoms with Gasteiger partial charge in [-0.05, 0) is 31.0 Å². The first-order chi connectivity index (χ1) is 9.60. The normalized spacial score (nSPS) is 9.80. The minimum atomic E-state index is -0.173. The summed E-state index contributed by atoms with van der Waals surface area (Å²) >= 11 is 0. The fourth-order valence-electron chi connectivity index (χ4n) is 1.98. The molecule has 0 aliphatic carbocycles. The predicted molar refractivity (Wildman–Crippen MR) is 81.6 cm³/mol. The molecule has 1 rings (SSSR count). The quantitative estimate of drug-likeness (QED) is 0.662. The van der Waals surface area contributed by atoms with Gasteiger partial charge in [0.25, 0.3) is 5.91 Å². The van der Waals surface area contributed by atoms with Crippen molar-refractivity contribution in [1.82, 2.24) is 4.90 Å².